The van der Waals surface area contributed by atoms with Gasteiger partial charge in [0.2, 0.25) is 11.8 Å². The van der Waals surface area contributed by atoms with Crippen molar-refractivity contribution in [2.24, 2.45) is 5.92 Å². The van der Waals surface area contributed by atoms with Gasteiger partial charge in [-0.2, -0.15) is 0 Å². The molecule has 3 rings (SSSR count). The van der Waals surface area contributed by atoms with Crippen LogP contribution in [0.4, 0.5) is 11.4 Å². The number of rotatable bonds is 3. The molecule has 5 heteroatoms. The maximum atomic E-state index is 12.5. The number of carbonyl (C=O) groups is 2. The summed E-state index contributed by atoms with van der Waals surface area (Å²) >= 11 is 5.92. The second kappa shape index (κ2) is 6.42. The number of hydrogen-bond acceptors (Lipinski definition) is 2. The summed E-state index contributed by atoms with van der Waals surface area (Å²) in [6.45, 7) is 2.43. The van der Waals surface area contributed by atoms with Gasteiger partial charge in [0.1, 0.15) is 5.92 Å². The Hall–Kier alpha value is -2.33. The third kappa shape index (κ3) is 3.22. The first kappa shape index (κ1) is 15.6. The molecular formula is C18H17ClN2O2. The Morgan fingerprint density at radius 1 is 1.22 bits per heavy atom. The van der Waals surface area contributed by atoms with E-state index in [1.165, 1.54) is 0 Å². The van der Waals surface area contributed by atoms with Crippen LogP contribution in [0.25, 0.3) is 0 Å². The highest BCUT2D eigenvalue weighted by Gasteiger charge is 2.37. The Bertz CT molecular complexity index is 746. The summed E-state index contributed by atoms with van der Waals surface area (Å²) in [6, 6.07) is 14.7. The van der Waals surface area contributed by atoms with Gasteiger partial charge in [0.15, 0.2) is 0 Å². The minimum Gasteiger partial charge on any atom is -0.325 e. The molecule has 118 valence electrons. The minimum absolute atomic E-state index is 0.152. The van der Waals surface area contributed by atoms with E-state index >= 15 is 0 Å². The van der Waals surface area contributed by atoms with Gasteiger partial charge >= 0.3 is 0 Å². The van der Waals surface area contributed by atoms with Crippen LogP contribution in [0.15, 0.2) is 48.5 Å². The normalized spacial score (nSPS) is 17.4. The predicted molar refractivity (Wildman–Crippen MR) is 91.7 cm³/mol. The summed E-state index contributed by atoms with van der Waals surface area (Å²) in [4.78, 5) is 26.6. The molecule has 23 heavy (non-hydrogen) atoms. The summed E-state index contributed by atoms with van der Waals surface area (Å²) < 4.78 is 0. The van der Waals surface area contributed by atoms with E-state index in [1.807, 2.05) is 37.3 Å². The van der Waals surface area contributed by atoms with Crippen LogP contribution in [0.1, 0.15) is 12.0 Å². The van der Waals surface area contributed by atoms with Crippen molar-refractivity contribution in [1.29, 1.82) is 0 Å². The van der Waals surface area contributed by atoms with E-state index in [0.717, 1.165) is 11.3 Å². The van der Waals surface area contributed by atoms with Crippen molar-refractivity contribution in [1.82, 2.24) is 0 Å². The average Bonchev–Trinajstić information content (AvgIpc) is 2.92. The largest absolute Gasteiger partial charge is 0.325 e. The molecule has 1 heterocycles. The zero-order chi connectivity index (χ0) is 16.4. The van der Waals surface area contributed by atoms with Crippen LogP contribution in [0.3, 0.4) is 0 Å². The van der Waals surface area contributed by atoms with E-state index in [9.17, 15) is 9.59 Å². The van der Waals surface area contributed by atoms with Gasteiger partial charge in [0.25, 0.3) is 0 Å². The van der Waals surface area contributed by atoms with Crippen LogP contribution < -0.4 is 10.2 Å². The Balaban J connectivity index is 1.72. The SMILES string of the molecule is Cc1cc(Cl)ccc1NC(=O)[C@H]1CCN(c2ccccc2)C1=O. The van der Waals surface area contributed by atoms with Crippen LogP contribution >= 0.6 is 11.6 Å². The summed E-state index contributed by atoms with van der Waals surface area (Å²) in [7, 11) is 0. The molecule has 4 nitrogen and oxygen atoms in total. The third-order valence-corrected chi connectivity index (χ3v) is 4.27. The first-order chi connectivity index (χ1) is 11.1. The van der Waals surface area contributed by atoms with E-state index in [2.05, 4.69) is 5.32 Å². The molecule has 2 aromatic rings. The molecule has 1 atom stereocenters. The maximum Gasteiger partial charge on any atom is 0.239 e. The highest BCUT2D eigenvalue weighted by Crippen LogP contribution is 2.27. The Morgan fingerprint density at radius 2 is 1.96 bits per heavy atom. The minimum atomic E-state index is -0.648. The zero-order valence-electron chi connectivity index (χ0n) is 12.8. The predicted octanol–water partition coefficient (Wildman–Crippen LogP) is 3.64. The van der Waals surface area contributed by atoms with Crippen LogP contribution in [0.2, 0.25) is 5.02 Å². The number of para-hydroxylation sites is 1. The number of nitrogens with one attached hydrogen (secondary N) is 1. The van der Waals surface area contributed by atoms with Crippen LogP contribution in [-0.2, 0) is 9.59 Å². The van der Waals surface area contributed by atoms with Gasteiger partial charge in [-0.15, -0.1) is 0 Å². The van der Waals surface area contributed by atoms with E-state index in [0.29, 0.717) is 23.7 Å². The number of nitrogens with zero attached hydrogens (tertiary/aromatic N) is 1. The number of carbonyl (C=O) groups excluding carboxylic acids is 2. The molecule has 2 aromatic carbocycles. The van der Waals surface area contributed by atoms with Gasteiger partial charge < -0.3 is 10.2 Å². The van der Waals surface area contributed by atoms with E-state index in [-0.39, 0.29) is 11.8 Å². The van der Waals surface area contributed by atoms with Crippen LogP contribution in [0, 0.1) is 12.8 Å². The van der Waals surface area contributed by atoms with Crippen molar-refractivity contribution < 1.29 is 9.59 Å². The fourth-order valence-corrected chi connectivity index (χ4v) is 3.00. The number of aryl methyl sites for hydroxylation is 1. The number of hydrogen-bond donors (Lipinski definition) is 1. The fourth-order valence-electron chi connectivity index (χ4n) is 2.77. The van der Waals surface area contributed by atoms with Crippen LogP contribution in [-0.4, -0.2) is 18.4 Å². The van der Waals surface area contributed by atoms with Gasteiger partial charge in [-0.1, -0.05) is 29.8 Å². The van der Waals surface area contributed by atoms with Crippen molar-refractivity contribution in [3.63, 3.8) is 0 Å². The van der Waals surface area contributed by atoms with Crippen molar-refractivity contribution in [3.8, 4) is 0 Å². The smallest absolute Gasteiger partial charge is 0.239 e. The fraction of sp³-hybridized carbons (Fsp3) is 0.222. The zero-order valence-corrected chi connectivity index (χ0v) is 13.5. The number of benzene rings is 2. The number of anilines is 2. The van der Waals surface area contributed by atoms with Gasteiger partial charge in [-0.05, 0) is 49.2 Å². The van der Waals surface area contributed by atoms with Crippen LogP contribution in [0.5, 0.6) is 0 Å². The molecule has 0 spiro atoms. The maximum absolute atomic E-state index is 12.5. The Labute approximate surface area is 140 Å². The molecule has 0 unspecified atom stereocenters. The summed E-state index contributed by atoms with van der Waals surface area (Å²) in [5.74, 6) is -1.07. The highest BCUT2D eigenvalue weighted by atomic mass is 35.5. The molecular weight excluding hydrogens is 312 g/mol. The third-order valence-electron chi connectivity index (χ3n) is 4.04. The second-order valence-corrected chi connectivity index (χ2v) is 6.05. The van der Waals surface area contributed by atoms with E-state index < -0.39 is 5.92 Å². The first-order valence-corrected chi connectivity index (χ1v) is 7.87. The lowest BCUT2D eigenvalue weighted by molar-refractivity contribution is -0.129. The lowest BCUT2D eigenvalue weighted by Gasteiger charge is -2.17. The molecule has 1 N–H and O–H groups in total. The molecule has 1 aliphatic heterocycles. The molecule has 1 fully saturated rings. The van der Waals surface area contributed by atoms with Gasteiger partial charge in [-0.3, -0.25) is 9.59 Å². The van der Waals surface area contributed by atoms with Gasteiger partial charge in [-0.25, -0.2) is 0 Å². The number of amides is 2. The molecule has 1 aliphatic rings. The molecule has 0 saturated carbocycles. The summed E-state index contributed by atoms with van der Waals surface area (Å²) in [5.41, 5.74) is 2.39. The van der Waals surface area contributed by atoms with Crippen molar-refractivity contribution >= 4 is 34.8 Å². The second-order valence-electron chi connectivity index (χ2n) is 5.62. The number of halogens is 1. The lowest BCUT2D eigenvalue weighted by atomic mass is 10.1. The Kier molecular flexibility index (Phi) is 4.35. The molecule has 0 aromatic heterocycles. The van der Waals surface area contributed by atoms with Crippen molar-refractivity contribution in [3.05, 3.63) is 59.1 Å². The lowest BCUT2D eigenvalue weighted by Crippen LogP contribution is -2.33. The van der Waals surface area contributed by atoms with E-state index in [4.69, 9.17) is 11.6 Å². The molecule has 1 saturated heterocycles. The van der Waals surface area contributed by atoms with Crippen molar-refractivity contribution in [2.75, 3.05) is 16.8 Å². The summed E-state index contributed by atoms with van der Waals surface area (Å²) in [6.07, 6.45) is 0.520. The van der Waals surface area contributed by atoms with Crippen molar-refractivity contribution in [2.45, 2.75) is 13.3 Å². The molecule has 0 radical (unpaired) electrons. The topological polar surface area (TPSA) is 49.4 Å². The monoisotopic (exact) mass is 328 g/mol. The first-order valence-electron chi connectivity index (χ1n) is 7.49. The Morgan fingerprint density at radius 3 is 2.65 bits per heavy atom. The van der Waals surface area contributed by atoms with E-state index in [1.54, 1.807) is 23.1 Å². The van der Waals surface area contributed by atoms with Gasteiger partial charge in [0.05, 0.1) is 0 Å². The highest BCUT2D eigenvalue weighted by molar-refractivity contribution is 6.30. The summed E-state index contributed by atoms with van der Waals surface area (Å²) in [5, 5.41) is 3.45. The average molecular weight is 329 g/mol. The molecule has 0 aliphatic carbocycles. The quantitative estimate of drug-likeness (QED) is 0.874. The molecule has 2 amide bonds. The molecule has 0 bridgehead atoms. The van der Waals surface area contributed by atoms with Gasteiger partial charge in [0, 0.05) is 22.9 Å². The standard InChI is InChI=1S/C18H17ClN2O2/c1-12-11-13(19)7-8-16(12)20-17(22)15-9-10-21(18(15)23)14-5-3-2-4-6-14/h2-8,11,15H,9-10H2,1H3,(H,20,22)/t15-/m1/s1.